The molecule has 0 saturated heterocycles. The molecule has 0 radical (unpaired) electrons. The lowest BCUT2D eigenvalue weighted by Gasteiger charge is -1.98. The van der Waals surface area contributed by atoms with E-state index in [2.05, 4.69) is 31.5 Å². The lowest BCUT2D eigenvalue weighted by atomic mass is 10.2. The molecule has 7 nitrogen and oxygen atoms in total. The van der Waals surface area contributed by atoms with E-state index in [1.54, 1.807) is 24.5 Å². The molecule has 1 N–H and O–H groups in total. The van der Waals surface area contributed by atoms with Crippen molar-refractivity contribution in [2.75, 3.05) is 11.1 Å². The second kappa shape index (κ2) is 7.22. The molecule has 1 amide bonds. The Morgan fingerprint density at radius 3 is 2.92 bits per heavy atom. The molecule has 9 heteroatoms. The summed E-state index contributed by atoms with van der Waals surface area (Å²) in [4.78, 5) is 20.5. The second-order valence-electron chi connectivity index (χ2n) is 5.44. The predicted octanol–water partition coefficient (Wildman–Crippen LogP) is 3.78. The molecule has 0 spiro atoms. The first-order valence-corrected chi connectivity index (χ1v) is 9.51. The summed E-state index contributed by atoms with van der Waals surface area (Å²) in [7, 11) is 0. The number of thioether (sulfide) groups is 1. The van der Waals surface area contributed by atoms with Gasteiger partial charge in [0.25, 0.3) is 5.22 Å². The van der Waals surface area contributed by atoms with Gasteiger partial charge in [0.05, 0.1) is 16.0 Å². The van der Waals surface area contributed by atoms with Gasteiger partial charge in [-0.05, 0) is 36.8 Å². The number of nitrogens with one attached hydrogen (secondary N) is 1. The average Bonchev–Trinajstić information content (AvgIpc) is 3.27. The maximum absolute atomic E-state index is 12.1. The lowest BCUT2D eigenvalue weighted by molar-refractivity contribution is -0.113. The van der Waals surface area contributed by atoms with Gasteiger partial charge in [0.15, 0.2) is 5.13 Å². The highest BCUT2D eigenvalue weighted by atomic mass is 32.2. The molecular formula is C17H13N5O2S2. The summed E-state index contributed by atoms with van der Waals surface area (Å²) in [5, 5.41) is 11.7. The first-order chi connectivity index (χ1) is 12.7. The van der Waals surface area contributed by atoms with Gasteiger partial charge in [0.1, 0.15) is 0 Å². The van der Waals surface area contributed by atoms with E-state index in [4.69, 9.17) is 4.42 Å². The van der Waals surface area contributed by atoms with E-state index >= 15 is 0 Å². The van der Waals surface area contributed by atoms with Crippen LogP contribution in [0.3, 0.4) is 0 Å². The van der Waals surface area contributed by atoms with Crippen molar-refractivity contribution in [1.82, 2.24) is 20.2 Å². The molecule has 0 aliphatic carbocycles. The summed E-state index contributed by atoms with van der Waals surface area (Å²) in [5.41, 5.74) is 2.83. The quantitative estimate of drug-likeness (QED) is 0.524. The molecule has 0 aliphatic heterocycles. The standard InChI is InChI=1S/C17H13N5O2S2/c1-10-2-3-12-13(8-10)26-16(19-12)20-14(23)9-25-17-22-21-15(24-17)11-4-6-18-7-5-11/h2-8H,9H2,1H3,(H,19,20,23). The summed E-state index contributed by atoms with van der Waals surface area (Å²) in [6, 6.07) is 9.56. The summed E-state index contributed by atoms with van der Waals surface area (Å²) in [6.07, 6.45) is 3.30. The van der Waals surface area contributed by atoms with Gasteiger partial charge in [-0.2, -0.15) is 0 Å². The number of hydrogen-bond acceptors (Lipinski definition) is 8. The normalized spacial score (nSPS) is 11.0. The number of aryl methyl sites for hydroxylation is 1. The third-order valence-electron chi connectivity index (χ3n) is 3.45. The monoisotopic (exact) mass is 383 g/mol. The Labute approximate surface area is 156 Å². The van der Waals surface area contributed by atoms with Crippen molar-refractivity contribution < 1.29 is 9.21 Å². The minimum Gasteiger partial charge on any atom is -0.411 e. The Morgan fingerprint density at radius 2 is 2.08 bits per heavy atom. The molecule has 3 aromatic heterocycles. The maximum atomic E-state index is 12.1. The van der Waals surface area contributed by atoms with E-state index in [1.165, 1.54) is 23.1 Å². The van der Waals surface area contributed by atoms with Gasteiger partial charge in [-0.1, -0.05) is 29.2 Å². The number of aromatic nitrogens is 4. The topological polar surface area (TPSA) is 93.8 Å². The minimum atomic E-state index is -0.172. The van der Waals surface area contributed by atoms with E-state index < -0.39 is 0 Å². The highest BCUT2D eigenvalue weighted by Gasteiger charge is 2.12. The van der Waals surface area contributed by atoms with Gasteiger partial charge in [-0.25, -0.2) is 4.98 Å². The summed E-state index contributed by atoms with van der Waals surface area (Å²) in [6.45, 7) is 2.03. The summed E-state index contributed by atoms with van der Waals surface area (Å²) >= 11 is 2.63. The first kappa shape index (κ1) is 16.7. The van der Waals surface area contributed by atoms with Crippen LogP contribution in [0.4, 0.5) is 5.13 Å². The fourth-order valence-corrected chi connectivity index (χ4v) is 3.79. The number of carbonyl (C=O) groups excluding carboxylic acids is 1. The van der Waals surface area contributed by atoms with Crippen molar-refractivity contribution in [3.8, 4) is 11.5 Å². The number of amides is 1. The van der Waals surface area contributed by atoms with Crippen molar-refractivity contribution in [2.24, 2.45) is 0 Å². The molecule has 130 valence electrons. The van der Waals surface area contributed by atoms with Crippen molar-refractivity contribution in [3.63, 3.8) is 0 Å². The van der Waals surface area contributed by atoms with Crippen molar-refractivity contribution in [1.29, 1.82) is 0 Å². The average molecular weight is 383 g/mol. The van der Waals surface area contributed by atoms with Gasteiger partial charge in [0.2, 0.25) is 11.8 Å². The third-order valence-corrected chi connectivity index (χ3v) is 5.20. The van der Waals surface area contributed by atoms with Gasteiger partial charge in [0, 0.05) is 18.0 Å². The fraction of sp³-hybridized carbons (Fsp3) is 0.118. The van der Waals surface area contributed by atoms with Crippen molar-refractivity contribution in [2.45, 2.75) is 12.1 Å². The van der Waals surface area contributed by atoms with E-state index in [1.807, 2.05) is 19.1 Å². The molecule has 0 atom stereocenters. The number of thiazole rings is 1. The smallest absolute Gasteiger partial charge is 0.277 e. The molecule has 26 heavy (non-hydrogen) atoms. The van der Waals surface area contributed by atoms with Crippen LogP contribution < -0.4 is 5.32 Å². The van der Waals surface area contributed by atoms with Gasteiger partial charge in [-0.3, -0.25) is 9.78 Å². The zero-order chi connectivity index (χ0) is 17.9. The predicted molar refractivity (Wildman–Crippen MR) is 101 cm³/mol. The molecule has 3 heterocycles. The Morgan fingerprint density at radius 1 is 1.23 bits per heavy atom. The van der Waals surface area contributed by atoms with E-state index in [0.717, 1.165) is 21.3 Å². The summed E-state index contributed by atoms with van der Waals surface area (Å²) < 4.78 is 6.60. The number of nitrogens with zero attached hydrogens (tertiary/aromatic N) is 4. The van der Waals surface area contributed by atoms with Crippen LogP contribution in [-0.4, -0.2) is 31.8 Å². The molecule has 0 unspecified atom stereocenters. The maximum Gasteiger partial charge on any atom is 0.277 e. The van der Waals surface area contributed by atoms with Crippen LogP contribution in [-0.2, 0) is 4.79 Å². The number of anilines is 1. The molecule has 0 aliphatic rings. The Bertz CT molecular complexity index is 1060. The number of pyridine rings is 1. The Balaban J connectivity index is 1.37. The molecule has 0 saturated carbocycles. The van der Waals surface area contributed by atoms with Crippen LogP contribution in [0.1, 0.15) is 5.56 Å². The highest BCUT2D eigenvalue weighted by Crippen LogP contribution is 2.27. The minimum absolute atomic E-state index is 0.160. The van der Waals surface area contributed by atoms with E-state index in [0.29, 0.717) is 16.2 Å². The van der Waals surface area contributed by atoms with Crippen molar-refractivity contribution >= 4 is 44.4 Å². The molecule has 4 rings (SSSR count). The van der Waals surface area contributed by atoms with Gasteiger partial charge in [-0.15, -0.1) is 10.2 Å². The van der Waals surface area contributed by atoms with Crippen LogP contribution in [0.25, 0.3) is 21.7 Å². The fourth-order valence-electron chi connectivity index (χ4n) is 2.25. The first-order valence-electron chi connectivity index (χ1n) is 7.71. The number of carbonyl (C=O) groups is 1. The van der Waals surface area contributed by atoms with Crippen LogP contribution in [0.15, 0.2) is 52.4 Å². The van der Waals surface area contributed by atoms with E-state index in [9.17, 15) is 4.79 Å². The molecular weight excluding hydrogens is 370 g/mol. The van der Waals surface area contributed by atoms with Crippen LogP contribution in [0.2, 0.25) is 0 Å². The molecule has 1 aromatic carbocycles. The van der Waals surface area contributed by atoms with Gasteiger partial charge < -0.3 is 9.73 Å². The summed E-state index contributed by atoms with van der Waals surface area (Å²) in [5.74, 6) is 0.388. The number of rotatable bonds is 5. The molecule has 0 bridgehead atoms. The third kappa shape index (κ3) is 3.73. The lowest BCUT2D eigenvalue weighted by Crippen LogP contribution is -2.13. The Kier molecular flexibility index (Phi) is 4.63. The molecule has 4 aromatic rings. The number of fused-ring (bicyclic) bond motifs is 1. The Hall–Kier alpha value is -2.78. The number of hydrogen-bond donors (Lipinski definition) is 1. The van der Waals surface area contributed by atoms with Crippen LogP contribution in [0.5, 0.6) is 0 Å². The highest BCUT2D eigenvalue weighted by molar-refractivity contribution is 7.99. The largest absolute Gasteiger partial charge is 0.411 e. The van der Waals surface area contributed by atoms with Crippen molar-refractivity contribution in [3.05, 3.63) is 48.3 Å². The van der Waals surface area contributed by atoms with Crippen LogP contribution in [0, 0.1) is 6.92 Å². The second-order valence-corrected chi connectivity index (χ2v) is 7.39. The van der Waals surface area contributed by atoms with Crippen LogP contribution >= 0.6 is 23.1 Å². The zero-order valence-corrected chi connectivity index (χ0v) is 15.3. The molecule has 0 fully saturated rings. The zero-order valence-electron chi connectivity index (χ0n) is 13.7. The van der Waals surface area contributed by atoms with Gasteiger partial charge >= 0.3 is 0 Å². The number of benzene rings is 1. The van der Waals surface area contributed by atoms with E-state index in [-0.39, 0.29) is 11.7 Å². The SMILES string of the molecule is Cc1ccc2nc(NC(=O)CSc3nnc(-c4ccncc4)o3)sc2c1.